The summed E-state index contributed by atoms with van der Waals surface area (Å²) in [6, 6.07) is 1.78. The third kappa shape index (κ3) is 1.95. The van der Waals surface area contributed by atoms with Crippen molar-refractivity contribution in [1.82, 2.24) is 10.2 Å². The summed E-state index contributed by atoms with van der Waals surface area (Å²) in [7, 11) is 0. The topological polar surface area (TPSA) is 91.2 Å². The maximum Gasteiger partial charge on any atom is 0.359 e. The smallest absolute Gasteiger partial charge is 0.359 e. The lowest BCUT2D eigenvalue weighted by Crippen LogP contribution is -2.20. The van der Waals surface area contributed by atoms with Crippen LogP contribution in [0.25, 0.3) is 11.3 Å². The zero-order valence-electron chi connectivity index (χ0n) is 9.70. The van der Waals surface area contributed by atoms with Gasteiger partial charge in [-0.1, -0.05) is 0 Å². The summed E-state index contributed by atoms with van der Waals surface area (Å²) in [6.07, 6.45) is 5.24. The summed E-state index contributed by atoms with van der Waals surface area (Å²) in [4.78, 5) is 12.0. The van der Waals surface area contributed by atoms with E-state index in [9.17, 15) is 4.79 Å². The molecule has 6 nitrogen and oxygen atoms in total. The predicted octanol–water partition coefficient (Wildman–Crippen LogP) is 1.21. The highest BCUT2D eigenvalue weighted by Crippen LogP contribution is 2.25. The van der Waals surface area contributed by atoms with Gasteiger partial charge in [-0.25, -0.2) is 4.79 Å². The molecule has 1 saturated carbocycles. The van der Waals surface area contributed by atoms with Crippen molar-refractivity contribution in [3.05, 3.63) is 24.3 Å². The molecular weight excluding hydrogens is 234 g/mol. The number of hydrogen-bond acceptors (Lipinski definition) is 6. The molecule has 0 aromatic heterocycles. The number of hydrogen-bond donors (Lipinski definition) is 1. The summed E-state index contributed by atoms with van der Waals surface area (Å²) in [6.45, 7) is 0. The van der Waals surface area contributed by atoms with Crippen LogP contribution in [0.2, 0.25) is 0 Å². The molecule has 3 rings (SSSR count). The number of rotatable bonds is 2. The molecule has 3 aliphatic rings. The van der Waals surface area contributed by atoms with E-state index >= 15 is 0 Å². The average molecular weight is 247 g/mol. The molecule has 18 heavy (non-hydrogen) atoms. The van der Waals surface area contributed by atoms with Crippen molar-refractivity contribution in [2.24, 2.45) is 5.73 Å². The average Bonchev–Trinajstić information content (AvgIpc) is 2.95. The Morgan fingerprint density at radius 1 is 1.44 bits per heavy atom. The molecule has 94 valence electrons. The van der Waals surface area contributed by atoms with Crippen molar-refractivity contribution in [3.8, 4) is 11.3 Å². The second kappa shape index (κ2) is 4.38. The van der Waals surface area contributed by atoms with Crippen LogP contribution in [0, 0.1) is 0 Å². The zero-order chi connectivity index (χ0) is 12.5. The molecule has 0 unspecified atom stereocenters. The molecular formula is C12H13N3O3. The summed E-state index contributed by atoms with van der Waals surface area (Å²) < 4.78 is 10.4. The first-order chi connectivity index (χ1) is 8.74. The SMILES string of the molecule is N[C@H]1CC[C@H](OC(=O)c2nnc3ccocc2-3)C1. The maximum atomic E-state index is 12.0. The Labute approximate surface area is 103 Å². The predicted molar refractivity (Wildman–Crippen MR) is 61.9 cm³/mol. The third-order valence-corrected chi connectivity index (χ3v) is 3.17. The molecule has 0 amide bonds. The summed E-state index contributed by atoms with van der Waals surface area (Å²) in [5, 5.41) is 7.73. The lowest BCUT2D eigenvalue weighted by molar-refractivity contribution is 0.0309. The van der Waals surface area contributed by atoms with Crippen LogP contribution in [0.5, 0.6) is 0 Å². The molecule has 0 aromatic rings. The second-order valence-corrected chi connectivity index (χ2v) is 4.50. The van der Waals surface area contributed by atoms with Crippen LogP contribution in [0.4, 0.5) is 0 Å². The number of nitrogens with zero attached hydrogens (tertiary/aromatic N) is 2. The van der Waals surface area contributed by atoms with Crippen LogP contribution in [0.15, 0.2) is 23.0 Å². The molecule has 0 saturated heterocycles. The van der Waals surface area contributed by atoms with Crippen molar-refractivity contribution in [2.45, 2.75) is 31.4 Å². The molecule has 2 heterocycles. The molecule has 1 fully saturated rings. The van der Waals surface area contributed by atoms with E-state index in [1.165, 1.54) is 12.5 Å². The number of nitrogens with two attached hydrogens (primary N) is 1. The molecule has 2 aliphatic heterocycles. The molecule has 0 aromatic carbocycles. The van der Waals surface area contributed by atoms with Crippen LogP contribution < -0.4 is 5.73 Å². The Morgan fingerprint density at radius 3 is 3.11 bits per heavy atom. The van der Waals surface area contributed by atoms with E-state index in [1.807, 2.05) is 0 Å². The van der Waals surface area contributed by atoms with E-state index in [0.717, 1.165) is 12.8 Å². The van der Waals surface area contributed by atoms with Gasteiger partial charge in [0.2, 0.25) is 0 Å². The first kappa shape index (κ1) is 11.2. The Balaban J connectivity index is 1.76. The van der Waals surface area contributed by atoms with Crippen molar-refractivity contribution >= 4 is 5.97 Å². The van der Waals surface area contributed by atoms with E-state index in [1.54, 1.807) is 6.07 Å². The number of carbonyl (C=O) groups is 1. The largest absolute Gasteiger partial charge is 0.472 e. The monoisotopic (exact) mass is 247 g/mol. The van der Waals surface area contributed by atoms with E-state index in [-0.39, 0.29) is 17.8 Å². The summed E-state index contributed by atoms with van der Waals surface area (Å²) in [5.74, 6) is -0.460. The molecule has 0 bridgehead atoms. The Morgan fingerprint density at radius 2 is 2.33 bits per heavy atom. The quantitative estimate of drug-likeness (QED) is 0.802. The van der Waals surface area contributed by atoms with Gasteiger partial charge in [0.15, 0.2) is 5.69 Å². The Hall–Kier alpha value is -1.95. The minimum atomic E-state index is -0.460. The van der Waals surface area contributed by atoms with Crippen LogP contribution in [0.3, 0.4) is 0 Å². The van der Waals surface area contributed by atoms with E-state index in [4.69, 9.17) is 14.9 Å². The highest BCUT2D eigenvalue weighted by Gasteiger charge is 2.28. The fourth-order valence-corrected chi connectivity index (χ4v) is 2.22. The fourth-order valence-electron chi connectivity index (χ4n) is 2.22. The Bertz CT molecular complexity index is 539. The first-order valence-corrected chi connectivity index (χ1v) is 5.89. The highest BCUT2D eigenvalue weighted by atomic mass is 16.5. The van der Waals surface area contributed by atoms with Crippen molar-refractivity contribution < 1.29 is 13.9 Å². The van der Waals surface area contributed by atoms with Crippen LogP contribution in [-0.2, 0) is 4.74 Å². The van der Waals surface area contributed by atoms with Crippen molar-refractivity contribution in [2.75, 3.05) is 0 Å². The summed E-state index contributed by atoms with van der Waals surface area (Å²) >= 11 is 0. The Kier molecular flexibility index (Phi) is 2.71. The number of carbonyl (C=O) groups excluding carboxylic acids is 1. The molecule has 0 spiro atoms. The van der Waals surface area contributed by atoms with Crippen molar-refractivity contribution in [1.29, 1.82) is 0 Å². The van der Waals surface area contributed by atoms with Gasteiger partial charge in [-0.3, -0.25) is 0 Å². The van der Waals surface area contributed by atoms with Gasteiger partial charge in [0, 0.05) is 12.1 Å². The number of ether oxygens (including phenoxy) is 1. The third-order valence-electron chi connectivity index (χ3n) is 3.17. The van der Waals surface area contributed by atoms with E-state index < -0.39 is 5.97 Å². The number of fused-ring (bicyclic) bond motifs is 1. The van der Waals surface area contributed by atoms with Gasteiger partial charge in [-0.05, 0) is 19.3 Å². The van der Waals surface area contributed by atoms with Gasteiger partial charge >= 0.3 is 5.97 Å². The molecule has 6 heteroatoms. The van der Waals surface area contributed by atoms with Crippen LogP contribution in [0.1, 0.15) is 29.8 Å². The van der Waals surface area contributed by atoms with Gasteiger partial charge < -0.3 is 14.9 Å². The van der Waals surface area contributed by atoms with Gasteiger partial charge in [-0.2, -0.15) is 0 Å². The van der Waals surface area contributed by atoms with Crippen LogP contribution in [-0.4, -0.2) is 28.3 Å². The first-order valence-electron chi connectivity index (χ1n) is 5.89. The fraction of sp³-hybridized carbons (Fsp3) is 0.417. The van der Waals surface area contributed by atoms with E-state index in [0.29, 0.717) is 17.7 Å². The standard InChI is InChI=1S/C12H13N3O3/c13-7-1-2-8(5-7)18-12(16)11-9-6-17-4-3-10(9)14-15-11/h3-4,6-8H,1-2,5,13H2/t7-,8-/m0/s1. The number of esters is 1. The lowest BCUT2D eigenvalue weighted by atomic mass is 10.2. The molecule has 1 aliphatic carbocycles. The van der Waals surface area contributed by atoms with Gasteiger partial charge in [0.25, 0.3) is 0 Å². The molecule has 2 atom stereocenters. The van der Waals surface area contributed by atoms with Gasteiger partial charge in [0.1, 0.15) is 18.1 Å². The van der Waals surface area contributed by atoms with Gasteiger partial charge in [0.05, 0.1) is 11.8 Å². The second-order valence-electron chi connectivity index (χ2n) is 4.50. The maximum absolute atomic E-state index is 12.0. The molecule has 0 radical (unpaired) electrons. The number of aromatic nitrogens is 2. The van der Waals surface area contributed by atoms with Gasteiger partial charge in [-0.15, -0.1) is 10.2 Å². The zero-order valence-corrected chi connectivity index (χ0v) is 9.70. The minimum Gasteiger partial charge on any atom is -0.472 e. The highest BCUT2D eigenvalue weighted by molar-refractivity contribution is 5.94. The van der Waals surface area contributed by atoms with Crippen LogP contribution >= 0.6 is 0 Å². The summed E-state index contributed by atoms with van der Waals surface area (Å²) in [5.41, 5.74) is 7.17. The normalized spacial score (nSPS) is 23.4. The lowest BCUT2D eigenvalue weighted by Gasteiger charge is -2.10. The molecule has 2 N–H and O–H groups in total. The minimum absolute atomic E-state index is 0.111. The van der Waals surface area contributed by atoms with E-state index in [2.05, 4.69) is 10.2 Å². The van der Waals surface area contributed by atoms with Crippen molar-refractivity contribution in [3.63, 3.8) is 0 Å².